The van der Waals surface area contributed by atoms with E-state index in [0.717, 1.165) is 4.47 Å². The lowest BCUT2D eigenvalue weighted by molar-refractivity contribution is -0.139. The number of rotatable bonds is 5. The van der Waals surface area contributed by atoms with Crippen LogP contribution in [0, 0.1) is 0 Å². The van der Waals surface area contributed by atoms with Crippen molar-refractivity contribution in [1.29, 1.82) is 0 Å². The molecule has 0 spiro atoms. The lowest BCUT2D eigenvalue weighted by Crippen LogP contribution is -2.45. The zero-order chi connectivity index (χ0) is 17.0. The summed E-state index contributed by atoms with van der Waals surface area (Å²) in [5, 5.41) is 5.38. The molecule has 2 N–H and O–H groups in total. The number of hydrogen-bond acceptors (Lipinski definition) is 4. The number of benzene rings is 1. The monoisotopic (exact) mass is 382 g/mol. The third-order valence-electron chi connectivity index (χ3n) is 3.35. The Kier molecular flexibility index (Phi) is 5.65. The van der Waals surface area contributed by atoms with Crippen molar-refractivity contribution in [3.05, 3.63) is 39.5 Å². The number of nitrogens with one attached hydrogen (secondary N) is 2. The topological polar surface area (TPSA) is 76.7 Å². The minimum absolute atomic E-state index is 0.257. The summed E-state index contributed by atoms with van der Waals surface area (Å²) in [4.78, 5) is 24.2. The maximum atomic E-state index is 12.3. The second-order valence-corrected chi connectivity index (χ2v) is 5.82. The number of hydrogen-bond donors (Lipinski definition) is 2. The highest BCUT2D eigenvalue weighted by molar-refractivity contribution is 9.10. The van der Waals surface area contributed by atoms with Gasteiger partial charge in [-0.05, 0) is 39.0 Å². The van der Waals surface area contributed by atoms with Crippen LogP contribution in [0.3, 0.4) is 0 Å². The summed E-state index contributed by atoms with van der Waals surface area (Å²) in [6.07, 6.45) is 0. The van der Waals surface area contributed by atoms with Gasteiger partial charge in [0.15, 0.2) is 0 Å². The number of urea groups is 1. The summed E-state index contributed by atoms with van der Waals surface area (Å²) in [5.41, 5.74) is 1.53. The number of carbonyl (C=O) groups is 2. The summed E-state index contributed by atoms with van der Waals surface area (Å²) in [6.45, 7) is 6.02. The van der Waals surface area contributed by atoms with Crippen molar-refractivity contribution < 1.29 is 19.1 Å². The number of ether oxygens (including phenoxy) is 2. The van der Waals surface area contributed by atoms with Crippen LogP contribution in [-0.4, -0.2) is 25.2 Å². The first-order valence-electron chi connectivity index (χ1n) is 7.35. The van der Waals surface area contributed by atoms with Gasteiger partial charge in [0.25, 0.3) is 0 Å². The number of allylic oxidation sites excluding steroid dienone is 1. The fourth-order valence-corrected chi connectivity index (χ4v) is 2.82. The number of carbonyl (C=O) groups excluding carboxylic acids is 2. The molecule has 2 rings (SSSR count). The van der Waals surface area contributed by atoms with Crippen LogP contribution < -0.4 is 15.4 Å². The van der Waals surface area contributed by atoms with E-state index in [1.807, 2.05) is 19.1 Å². The van der Waals surface area contributed by atoms with E-state index in [0.29, 0.717) is 29.2 Å². The third kappa shape index (κ3) is 3.85. The molecule has 0 saturated heterocycles. The van der Waals surface area contributed by atoms with Gasteiger partial charge in [0.2, 0.25) is 0 Å². The molecule has 0 saturated carbocycles. The maximum Gasteiger partial charge on any atom is 0.338 e. The third-order valence-corrected chi connectivity index (χ3v) is 3.84. The normalized spacial score (nSPS) is 17.4. The molecule has 2 amide bonds. The Morgan fingerprint density at radius 3 is 2.70 bits per heavy atom. The van der Waals surface area contributed by atoms with Gasteiger partial charge in [-0.15, -0.1) is 0 Å². The van der Waals surface area contributed by atoms with Gasteiger partial charge in [-0.1, -0.05) is 15.9 Å². The molecule has 0 fully saturated rings. The highest BCUT2D eigenvalue weighted by Crippen LogP contribution is 2.35. The van der Waals surface area contributed by atoms with Gasteiger partial charge in [-0.3, -0.25) is 0 Å². The van der Waals surface area contributed by atoms with Crippen LogP contribution in [0.4, 0.5) is 4.79 Å². The van der Waals surface area contributed by atoms with Gasteiger partial charge < -0.3 is 20.1 Å². The van der Waals surface area contributed by atoms with E-state index in [2.05, 4.69) is 26.6 Å². The van der Waals surface area contributed by atoms with E-state index in [1.165, 1.54) is 0 Å². The smallest absolute Gasteiger partial charge is 0.338 e. The van der Waals surface area contributed by atoms with Crippen LogP contribution in [0.2, 0.25) is 0 Å². The Hall–Kier alpha value is -2.02. The summed E-state index contributed by atoms with van der Waals surface area (Å²) < 4.78 is 11.6. The van der Waals surface area contributed by atoms with E-state index >= 15 is 0 Å². The van der Waals surface area contributed by atoms with E-state index in [9.17, 15) is 9.59 Å². The van der Waals surface area contributed by atoms with Crippen LogP contribution in [0.1, 0.15) is 32.4 Å². The van der Waals surface area contributed by atoms with Gasteiger partial charge >= 0.3 is 12.0 Å². The molecule has 23 heavy (non-hydrogen) atoms. The quantitative estimate of drug-likeness (QED) is 0.767. The van der Waals surface area contributed by atoms with Crippen LogP contribution in [0.15, 0.2) is 33.9 Å². The van der Waals surface area contributed by atoms with Gasteiger partial charge in [0.1, 0.15) is 5.75 Å². The molecule has 7 heteroatoms. The maximum absolute atomic E-state index is 12.3. The van der Waals surface area contributed by atoms with Gasteiger partial charge in [-0.2, -0.15) is 0 Å². The van der Waals surface area contributed by atoms with Crippen molar-refractivity contribution >= 4 is 27.9 Å². The van der Waals surface area contributed by atoms with Crippen LogP contribution in [0.5, 0.6) is 5.75 Å². The summed E-state index contributed by atoms with van der Waals surface area (Å²) >= 11 is 3.42. The Bertz CT molecular complexity index is 657. The SMILES string of the molecule is CCOC(=O)C1=C(C)NC(=O)NC1c1cc(Br)ccc1OCC. The Morgan fingerprint density at radius 1 is 1.30 bits per heavy atom. The molecule has 1 aromatic rings. The first-order chi connectivity index (χ1) is 11.0. The molecule has 1 atom stereocenters. The van der Waals surface area contributed by atoms with Crippen LogP contribution in [-0.2, 0) is 9.53 Å². The zero-order valence-corrected chi connectivity index (χ0v) is 14.8. The molecular formula is C16H19BrN2O4. The van der Waals surface area contributed by atoms with E-state index < -0.39 is 12.0 Å². The molecule has 1 aromatic carbocycles. The molecular weight excluding hydrogens is 364 g/mol. The van der Waals surface area contributed by atoms with Gasteiger partial charge in [0.05, 0.1) is 24.8 Å². The van der Waals surface area contributed by atoms with E-state index in [4.69, 9.17) is 9.47 Å². The summed E-state index contributed by atoms with van der Waals surface area (Å²) in [6, 6.07) is 4.46. The van der Waals surface area contributed by atoms with E-state index in [-0.39, 0.29) is 12.6 Å². The van der Waals surface area contributed by atoms with Gasteiger partial charge in [-0.25, -0.2) is 9.59 Å². The second kappa shape index (κ2) is 7.50. The number of esters is 1. The molecule has 1 aliphatic rings. The molecule has 0 aromatic heterocycles. The number of amides is 2. The predicted octanol–water partition coefficient (Wildman–Crippen LogP) is 3.04. The highest BCUT2D eigenvalue weighted by Gasteiger charge is 2.33. The minimum atomic E-state index is -0.637. The second-order valence-electron chi connectivity index (χ2n) is 4.91. The van der Waals surface area contributed by atoms with Crippen LogP contribution >= 0.6 is 15.9 Å². The number of halogens is 1. The van der Waals surface area contributed by atoms with Crippen molar-refractivity contribution in [3.8, 4) is 5.75 Å². The molecule has 124 valence electrons. The average Bonchev–Trinajstić information content (AvgIpc) is 2.48. The van der Waals surface area contributed by atoms with Gasteiger partial charge in [0, 0.05) is 15.7 Å². The molecule has 1 unspecified atom stereocenters. The first kappa shape index (κ1) is 17.3. The largest absolute Gasteiger partial charge is 0.494 e. The summed E-state index contributed by atoms with van der Waals surface area (Å²) in [7, 11) is 0. The Morgan fingerprint density at radius 2 is 2.04 bits per heavy atom. The summed E-state index contributed by atoms with van der Waals surface area (Å²) in [5.74, 6) is 0.141. The fourth-order valence-electron chi connectivity index (χ4n) is 2.44. The molecule has 1 heterocycles. The van der Waals surface area contributed by atoms with E-state index in [1.54, 1.807) is 19.9 Å². The minimum Gasteiger partial charge on any atom is -0.494 e. The highest BCUT2D eigenvalue weighted by atomic mass is 79.9. The zero-order valence-electron chi connectivity index (χ0n) is 13.2. The first-order valence-corrected chi connectivity index (χ1v) is 8.14. The average molecular weight is 383 g/mol. The standard InChI is InChI=1S/C16H19BrN2O4/c1-4-22-12-7-6-10(17)8-11(12)14-13(15(20)23-5-2)9(3)18-16(21)19-14/h6-8,14H,4-5H2,1-3H3,(H2,18,19,21). The van der Waals surface area contributed by atoms with Crippen molar-refractivity contribution in [1.82, 2.24) is 10.6 Å². The van der Waals surface area contributed by atoms with Crippen molar-refractivity contribution in [2.45, 2.75) is 26.8 Å². The Balaban J connectivity index is 2.54. The predicted molar refractivity (Wildman–Crippen MR) is 89.1 cm³/mol. The molecule has 0 aliphatic carbocycles. The van der Waals surface area contributed by atoms with Crippen molar-refractivity contribution in [2.24, 2.45) is 0 Å². The fraction of sp³-hybridized carbons (Fsp3) is 0.375. The van der Waals surface area contributed by atoms with Crippen molar-refractivity contribution in [3.63, 3.8) is 0 Å². The molecule has 6 nitrogen and oxygen atoms in total. The lowest BCUT2D eigenvalue weighted by atomic mass is 9.95. The molecule has 0 bridgehead atoms. The van der Waals surface area contributed by atoms with Crippen LogP contribution in [0.25, 0.3) is 0 Å². The lowest BCUT2D eigenvalue weighted by Gasteiger charge is -2.29. The Labute approximate surface area is 143 Å². The van der Waals surface area contributed by atoms with Crippen molar-refractivity contribution in [2.75, 3.05) is 13.2 Å². The molecule has 0 radical (unpaired) electrons. The molecule has 1 aliphatic heterocycles.